The zero-order chi connectivity index (χ0) is 13.3. The lowest BCUT2D eigenvalue weighted by atomic mass is 10.1. The second-order valence-electron chi connectivity index (χ2n) is 3.43. The van der Waals surface area contributed by atoms with Crippen molar-refractivity contribution in [3.63, 3.8) is 0 Å². The predicted molar refractivity (Wildman–Crippen MR) is 76.3 cm³/mol. The Hall–Kier alpha value is -0.670. The molecule has 1 aromatic heterocycles. The van der Waals surface area contributed by atoms with Gasteiger partial charge in [0, 0.05) is 11.1 Å². The fourth-order valence-electron chi connectivity index (χ4n) is 1.49. The Balaban J connectivity index is 2.72. The van der Waals surface area contributed by atoms with Crippen LogP contribution in [0.1, 0.15) is 0 Å². The quantitative estimate of drug-likeness (QED) is 0.547. The van der Waals surface area contributed by atoms with Crippen LogP contribution in [0, 0.1) is 0 Å². The first-order valence-corrected chi connectivity index (χ1v) is 6.39. The van der Waals surface area contributed by atoms with Crippen molar-refractivity contribution in [2.24, 2.45) is 0 Å². The molecule has 0 aliphatic heterocycles. The van der Waals surface area contributed by atoms with Gasteiger partial charge in [0.2, 0.25) is 0 Å². The number of nitrogens with zero attached hydrogens (tertiary/aromatic N) is 1. The summed E-state index contributed by atoms with van der Waals surface area (Å²) in [5.74, 6) is 0.557. The van der Waals surface area contributed by atoms with E-state index in [0.29, 0.717) is 31.9 Å². The maximum Gasteiger partial charge on any atom is 0.137 e. The van der Waals surface area contributed by atoms with E-state index in [4.69, 9.17) is 51.1 Å². The van der Waals surface area contributed by atoms with Crippen LogP contribution in [-0.2, 0) is 0 Å². The minimum atomic E-state index is 0.280. The molecule has 2 aromatic rings. The lowest BCUT2D eigenvalue weighted by Gasteiger charge is -2.11. The number of hydrogen-bond donors (Lipinski definition) is 0. The largest absolute Gasteiger partial charge is 0.495 e. The van der Waals surface area contributed by atoms with Crippen LogP contribution >= 0.6 is 46.4 Å². The van der Waals surface area contributed by atoms with E-state index in [-0.39, 0.29) is 5.15 Å². The Labute approximate surface area is 124 Å². The highest BCUT2D eigenvalue weighted by Crippen LogP contribution is 2.42. The number of pyridine rings is 1. The Bertz CT molecular complexity index is 601. The van der Waals surface area contributed by atoms with Crippen LogP contribution in [-0.4, -0.2) is 12.1 Å². The average molecular weight is 323 g/mol. The predicted octanol–water partition coefficient (Wildman–Crippen LogP) is 5.37. The molecule has 0 unspecified atom stereocenters. The van der Waals surface area contributed by atoms with Crippen LogP contribution in [0.2, 0.25) is 20.2 Å². The molecular weight excluding hydrogens is 316 g/mol. The molecule has 0 saturated heterocycles. The number of halogens is 4. The summed E-state index contributed by atoms with van der Waals surface area (Å²) in [7, 11) is 1.54. The van der Waals surface area contributed by atoms with E-state index in [1.807, 2.05) is 0 Å². The van der Waals surface area contributed by atoms with Gasteiger partial charge in [-0.15, -0.1) is 0 Å². The minimum Gasteiger partial charge on any atom is -0.495 e. The van der Waals surface area contributed by atoms with E-state index in [1.54, 1.807) is 18.2 Å². The highest BCUT2D eigenvalue weighted by Gasteiger charge is 2.16. The number of hydrogen-bond acceptors (Lipinski definition) is 2. The molecule has 1 heterocycles. The average Bonchev–Trinajstić information content (AvgIpc) is 2.36. The summed E-state index contributed by atoms with van der Waals surface area (Å²) < 4.78 is 5.10. The summed E-state index contributed by atoms with van der Waals surface area (Å²) >= 11 is 24.3. The van der Waals surface area contributed by atoms with Gasteiger partial charge >= 0.3 is 0 Å². The van der Waals surface area contributed by atoms with E-state index >= 15 is 0 Å². The molecule has 0 aliphatic carbocycles. The van der Waals surface area contributed by atoms with Crippen molar-refractivity contribution in [3.05, 3.63) is 44.6 Å². The second-order valence-corrected chi connectivity index (χ2v) is 4.98. The molecule has 1 aromatic carbocycles. The molecule has 0 amide bonds. The summed E-state index contributed by atoms with van der Waals surface area (Å²) in [5, 5.41) is 1.46. The van der Waals surface area contributed by atoms with Crippen LogP contribution in [0.15, 0.2) is 24.4 Å². The summed E-state index contributed by atoms with van der Waals surface area (Å²) in [6, 6.07) is 4.98. The molecular formula is C12H7Cl4NO. The summed E-state index contributed by atoms with van der Waals surface area (Å²) in [6.07, 6.45) is 1.51. The number of aromatic nitrogens is 1. The maximum atomic E-state index is 6.16. The Morgan fingerprint density at radius 1 is 1.06 bits per heavy atom. The SMILES string of the molecule is COc1cnc(Cl)c(-c2c(Cl)ccc(Cl)c2Cl)c1. The maximum absolute atomic E-state index is 6.16. The van der Waals surface area contributed by atoms with Crippen molar-refractivity contribution in [3.8, 4) is 16.9 Å². The van der Waals surface area contributed by atoms with E-state index < -0.39 is 0 Å². The third-order valence-corrected chi connectivity index (χ3v) is 3.78. The smallest absolute Gasteiger partial charge is 0.137 e. The molecule has 2 rings (SSSR count). The summed E-state index contributed by atoms with van der Waals surface area (Å²) in [5.41, 5.74) is 1.12. The monoisotopic (exact) mass is 321 g/mol. The number of benzene rings is 1. The van der Waals surface area contributed by atoms with Gasteiger partial charge in [-0.25, -0.2) is 4.98 Å². The zero-order valence-corrected chi connectivity index (χ0v) is 12.2. The van der Waals surface area contributed by atoms with Crippen molar-refractivity contribution in [2.45, 2.75) is 0 Å². The highest BCUT2D eigenvalue weighted by atomic mass is 35.5. The molecule has 0 aliphatic rings. The van der Waals surface area contributed by atoms with Gasteiger partial charge in [0.15, 0.2) is 0 Å². The van der Waals surface area contributed by atoms with E-state index in [0.717, 1.165) is 0 Å². The van der Waals surface area contributed by atoms with Crippen LogP contribution in [0.25, 0.3) is 11.1 Å². The molecule has 2 nitrogen and oxygen atoms in total. The molecule has 0 atom stereocenters. The minimum absolute atomic E-state index is 0.280. The lowest BCUT2D eigenvalue weighted by Crippen LogP contribution is -1.90. The zero-order valence-electron chi connectivity index (χ0n) is 9.18. The topological polar surface area (TPSA) is 22.1 Å². The molecule has 94 valence electrons. The van der Waals surface area contributed by atoms with Crippen LogP contribution in [0.3, 0.4) is 0 Å². The number of rotatable bonds is 2. The van der Waals surface area contributed by atoms with Crippen LogP contribution < -0.4 is 4.74 Å². The van der Waals surface area contributed by atoms with Gasteiger partial charge in [0.1, 0.15) is 10.9 Å². The van der Waals surface area contributed by atoms with E-state index in [9.17, 15) is 0 Å². The van der Waals surface area contributed by atoms with E-state index in [2.05, 4.69) is 4.98 Å². The van der Waals surface area contributed by atoms with Crippen molar-refractivity contribution in [1.29, 1.82) is 0 Å². The lowest BCUT2D eigenvalue weighted by molar-refractivity contribution is 0.413. The van der Waals surface area contributed by atoms with Crippen molar-refractivity contribution >= 4 is 46.4 Å². The van der Waals surface area contributed by atoms with Crippen molar-refractivity contribution in [2.75, 3.05) is 7.11 Å². The van der Waals surface area contributed by atoms with Gasteiger partial charge in [-0.05, 0) is 18.2 Å². The third kappa shape index (κ3) is 2.52. The summed E-state index contributed by atoms with van der Waals surface area (Å²) in [4.78, 5) is 4.02. The van der Waals surface area contributed by atoms with Gasteiger partial charge in [0.25, 0.3) is 0 Å². The van der Waals surface area contributed by atoms with Crippen molar-refractivity contribution < 1.29 is 4.74 Å². The van der Waals surface area contributed by atoms with Gasteiger partial charge in [-0.1, -0.05) is 46.4 Å². The molecule has 0 bridgehead atoms. The van der Waals surface area contributed by atoms with E-state index in [1.165, 1.54) is 13.3 Å². The molecule has 18 heavy (non-hydrogen) atoms. The molecule has 0 N–H and O–H groups in total. The van der Waals surface area contributed by atoms with Crippen molar-refractivity contribution in [1.82, 2.24) is 4.98 Å². The van der Waals surface area contributed by atoms with Crippen LogP contribution in [0.4, 0.5) is 0 Å². The van der Waals surface area contributed by atoms with Gasteiger partial charge in [-0.2, -0.15) is 0 Å². The normalized spacial score (nSPS) is 10.5. The Morgan fingerprint density at radius 2 is 1.72 bits per heavy atom. The van der Waals surface area contributed by atoms with Crippen LogP contribution in [0.5, 0.6) is 5.75 Å². The Morgan fingerprint density at radius 3 is 2.39 bits per heavy atom. The number of ether oxygens (including phenoxy) is 1. The Kier molecular flexibility index (Phi) is 4.23. The molecule has 0 radical (unpaired) electrons. The van der Waals surface area contributed by atoms with Gasteiger partial charge in [-0.3, -0.25) is 0 Å². The third-order valence-electron chi connectivity index (χ3n) is 2.36. The van der Waals surface area contributed by atoms with Gasteiger partial charge < -0.3 is 4.74 Å². The standard InChI is InChI=1S/C12H7Cl4NO/c1-18-6-4-7(12(16)17-5-6)10-8(13)2-3-9(14)11(10)15/h2-5H,1H3. The second kappa shape index (κ2) is 5.54. The molecule has 0 spiro atoms. The first-order chi connectivity index (χ1) is 8.54. The number of methoxy groups -OCH3 is 1. The van der Waals surface area contributed by atoms with Gasteiger partial charge in [0.05, 0.1) is 28.4 Å². The highest BCUT2D eigenvalue weighted by molar-refractivity contribution is 6.46. The fraction of sp³-hybridized carbons (Fsp3) is 0.0833. The molecule has 6 heteroatoms. The fourth-order valence-corrected chi connectivity index (χ4v) is 2.42. The molecule has 0 fully saturated rings. The molecule has 0 saturated carbocycles. The summed E-state index contributed by atoms with van der Waals surface area (Å²) in [6.45, 7) is 0. The first kappa shape index (κ1) is 13.8. The first-order valence-electron chi connectivity index (χ1n) is 4.88.